The maximum atomic E-state index is 11.5. The summed E-state index contributed by atoms with van der Waals surface area (Å²) in [7, 11) is 3.30. The predicted molar refractivity (Wildman–Crippen MR) is 121 cm³/mol. The fourth-order valence-corrected chi connectivity index (χ4v) is 5.09. The van der Waals surface area contributed by atoms with Gasteiger partial charge in [-0.3, -0.25) is 10.1 Å². The Labute approximate surface area is 184 Å². The normalized spacial score (nSPS) is 15.1. The summed E-state index contributed by atoms with van der Waals surface area (Å²) >= 11 is 1.49. The summed E-state index contributed by atoms with van der Waals surface area (Å²) in [5.41, 5.74) is 2.28. The molecule has 2 aromatic carbocycles. The van der Waals surface area contributed by atoms with Gasteiger partial charge in [0, 0.05) is 23.1 Å². The molecule has 1 fully saturated rings. The van der Waals surface area contributed by atoms with E-state index in [9.17, 15) is 10.1 Å². The van der Waals surface area contributed by atoms with Crippen molar-refractivity contribution in [3.05, 3.63) is 62.8 Å². The molecule has 0 radical (unpaired) electrons. The van der Waals surface area contributed by atoms with Crippen LogP contribution in [0.25, 0.3) is 11.3 Å². The Hall–Kier alpha value is -3.13. The second kappa shape index (κ2) is 9.34. The molecule has 162 valence electrons. The van der Waals surface area contributed by atoms with E-state index in [0.29, 0.717) is 5.69 Å². The van der Waals surface area contributed by atoms with E-state index in [2.05, 4.69) is 9.95 Å². The first kappa shape index (κ1) is 21.1. The molecule has 1 aliphatic rings. The molecule has 3 aromatic rings. The molecule has 1 heterocycles. The van der Waals surface area contributed by atoms with Crippen molar-refractivity contribution in [2.75, 3.05) is 14.2 Å². The Morgan fingerprint density at radius 1 is 1.10 bits per heavy atom. The number of para-hydroxylation sites is 2. The zero-order valence-electron chi connectivity index (χ0n) is 17.6. The van der Waals surface area contributed by atoms with Crippen LogP contribution in [0.3, 0.4) is 0 Å². The lowest BCUT2D eigenvalue weighted by atomic mass is 9.95. The van der Waals surface area contributed by atoms with Crippen LogP contribution in [0.15, 0.2) is 52.8 Å². The highest BCUT2D eigenvalue weighted by molar-refractivity contribution is 7.07. The van der Waals surface area contributed by atoms with Crippen LogP contribution in [-0.4, -0.2) is 23.7 Å². The Morgan fingerprint density at radius 2 is 1.87 bits per heavy atom. The van der Waals surface area contributed by atoms with E-state index < -0.39 is 0 Å². The molecule has 1 aliphatic carbocycles. The minimum absolute atomic E-state index is 0.00612. The summed E-state index contributed by atoms with van der Waals surface area (Å²) in [6.45, 7) is 0. The number of ether oxygens (including phenoxy) is 2. The molecule has 8 heteroatoms. The molecule has 1 aromatic heterocycles. The molecule has 0 bridgehead atoms. The number of thiazole rings is 1. The molecule has 4 rings (SSSR count). The Morgan fingerprint density at radius 3 is 2.58 bits per heavy atom. The van der Waals surface area contributed by atoms with Gasteiger partial charge < -0.3 is 14.0 Å². The Bertz CT molecular complexity index is 1150. The summed E-state index contributed by atoms with van der Waals surface area (Å²) in [5.74, 6) is 1.50. The number of aromatic nitrogens is 1. The third-order valence-electron chi connectivity index (χ3n) is 5.66. The average molecular weight is 440 g/mol. The second-order valence-corrected chi connectivity index (χ2v) is 8.33. The summed E-state index contributed by atoms with van der Waals surface area (Å²) in [4.78, 5) is 16.6. The van der Waals surface area contributed by atoms with Crippen LogP contribution in [-0.2, 0) is 0 Å². The third-order valence-corrected chi connectivity index (χ3v) is 6.50. The monoisotopic (exact) mass is 439 g/mol. The molecule has 0 atom stereocenters. The zero-order valence-corrected chi connectivity index (χ0v) is 18.4. The van der Waals surface area contributed by atoms with Gasteiger partial charge in [0.2, 0.25) is 0 Å². The number of nitro benzene ring substituents is 1. The lowest BCUT2D eigenvalue weighted by Crippen LogP contribution is -2.23. The van der Waals surface area contributed by atoms with Gasteiger partial charge >= 0.3 is 0 Å². The number of hydrogen-bond acceptors (Lipinski definition) is 6. The molecule has 0 aliphatic heterocycles. The molecule has 0 amide bonds. The topological polar surface area (TPSA) is 78.9 Å². The maximum absolute atomic E-state index is 11.5. The highest BCUT2D eigenvalue weighted by Gasteiger charge is 2.23. The molecular formula is C23H25N3O4S. The highest BCUT2D eigenvalue weighted by atomic mass is 32.1. The van der Waals surface area contributed by atoms with Gasteiger partial charge in [-0.05, 0) is 37.1 Å². The second-order valence-electron chi connectivity index (χ2n) is 7.49. The highest BCUT2D eigenvalue weighted by Crippen LogP contribution is 2.38. The van der Waals surface area contributed by atoms with Gasteiger partial charge in [0.15, 0.2) is 4.80 Å². The molecule has 7 nitrogen and oxygen atoms in total. The lowest BCUT2D eigenvalue weighted by Gasteiger charge is -2.25. The van der Waals surface area contributed by atoms with Crippen LogP contribution in [0.1, 0.15) is 38.1 Å². The van der Waals surface area contributed by atoms with E-state index in [1.807, 2.05) is 18.2 Å². The van der Waals surface area contributed by atoms with Crippen LogP contribution >= 0.6 is 11.3 Å². The van der Waals surface area contributed by atoms with Crippen molar-refractivity contribution in [3.8, 4) is 22.8 Å². The number of nitrogens with zero attached hydrogens (tertiary/aromatic N) is 3. The summed E-state index contributed by atoms with van der Waals surface area (Å²) in [6.07, 6.45) is 5.66. The first-order valence-electron chi connectivity index (χ1n) is 10.3. The molecule has 31 heavy (non-hydrogen) atoms. The molecule has 0 saturated heterocycles. The lowest BCUT2D eigenvalue weighted by molar-refractivity contribution is -0.384. The molecular weight excluding hydrogens is 414 g/mol. The van der Waals surface area contributed by atoms with Crippen LogP contribution < -0.4 is 14.3 Å². The average Bonchev–Trinajstić information content (AvgIpc) is 3.22. The van der Waals surface area contributed by atoms with Crippen molar-refractivity contribution < 1.29 is 14.4 Å². The Balaban J connectivity index is 1.94. The third kappa shape index (κ3) is 4.34. The first-order valence-corrected chi connectivity index (χ1v) is 11.2. The Kier molecular flexibility index (Phi) is 6.36. The predicted octanol–water partition coefficient (Wildman–Crippen LogP) is 5.88. The van der Waals surface area contributed by atoms with Crippen LogP contribution in [0.4, 0.5) is 11.4 Å². The summed E-state index contributed by atoms with van der Waals surface area (Å²) in [6, 6.07) is 12.6. The van der Waals surface area contributed by atoms with E-state index in [4.69, 9.17) is 14.5 Å². The van der Waals surface area contributed by atoms with Crippen molar-refractivity contribution in [2.45, 2.75) is 38.1 Å². The smallest absolute Gasteiger partial charge is 0.294 e. The fourth-order valence-electron chi connectivity index (χ4n) is 4.12. The summed E-state index contributed by atoms with van der Waals surface area (Å²) < 4.78 is 13.3. The number of rotatable bonds is 6. The van der Waals surface area contributed by atoms with Crippen molar-refractivity contribution in [1.82, 2.24) is 4.57 Å². The SMILES string of the molecule is COc1ccc(OC)c(-c2csc(=Nc3ccccc3[N+](=O)[O-])n2C2CCCCC2)c1. The van der Waals surface area contributed by atoms with E-state index in [1.54, 1.807) is 32.4 Å². The first-order chi connectivity index (χ1) is 15.1. The van der Waals surface area contributed by atoms with Crippen molar-refractivity contribution in [2.24, 2.45) is 4.99 Å². The standard InChI is InChI=1S/C23H25N3O4S/c1-29-17-12-13-22(30-2)18(14-17)21-15-31-23(25(21)16-8-4-3-5-9-16)24-19-10-6-7-11-20(19)26(27)28/h6-7,10-16H,3-5,8-9H2,1-2H3. The van der Waals surface area contributed by atoms with Gasteiger partial charge in [-0.15, -0.1) is 11.3 Å². The largest absolute Gasteiger partial charge is 0.497 e. The van der Waals surface area contributed by atoms with Gasteiger partial charge in [-0.2, -0.15) is 0 Å². The van der Waals surface area contributed by atoms with Crippen LogP contribution in [0, 0.1) is 10.1 Å². The van der Waals surface area contributed by atoms with E-state index in [1.165, 1.54) is 23.8 Å². The minimum atomic E-state index is -0.386. The van der Waals surface area contributed by atoms with Gasteiger partial charge in [-0.25, -0.2) is 4.99 Å². The van der Waals surface area contributed by atoms with Crippen molar-refractivity contribution in [3.63, 3.8) is 0 Å². The number of benzene rings is 2. The van der Waals surface area contributed by atoms with E-state index >= 15 is 0 Å². The van der Waals surface area contributed by atoms with Gasteiger partial charge in [-0.1, -0.05) is 31.4 Å². The van der Waals surface area contributed by atoms with Crippen LogP contribution in [0.2, 0.25) is 0 Å². The fraction of sp³-hybridized carbons (Fsp3) is 0.348. The number of hydrogen-bond donors (Lipinski definition) is 0. The van der Waals surface area contributed by atoms with Gasteiger partial charge in [0.1, 0.15) is 17.2 Å². The quantitative estimate of drug-likeness (QED) is 0.355. The minimum Gasteiger partial charge on any atom is -0.497 e. The zero-order chi connectivity index (χ0) is 21.8. The molecule has 0 unspecified atom stereocenters. The molecule has 1 saturated carbocycles. The van der Waals surface area contributed by atoms with Crippen LogP contribution in [0.5, 0.6) is 11.5 Å². The van der Waals surface area contributed by atoms with E-state index in [-0.39, 0.29) is 16.7 Å². The molecule has 0 N–H and O–H groups in total. The van der Waals surface area contributed by atoms with E-state index in [0.717, 1.165) is 53.2 Å². The summed E-state index contributed by atoms with van der Waals surface area (Å²) in [5, 5.41) is 13.5. The number of methoxy groups -OCH3 is 2. The van der Waals surface area contributed by atoms with Gasteiger partial charge in [0.25, 0.3) is 5.69 Å². The van der Waals surface area contributed by atoms with Crippen molar-refractivity contribution >= 4 is 22.7 Å². The maximum Gasteiger partial charge on any atom is 0.294 e. The van der Waals surface area contributed by atoms with Crippen molar-refractivity contribution in [1.29, 1.82) is 0 Å². The number of nitro groups is 1. The molecule has 0 spiro atoms. The van der Waals surface area contributed by atoms with Gasteiger partial charge in [0.05, 0.1) is 24.8 Å².